The fourth-order valence-corrected chi connectivity index (χ4v) is 18.1. The maximum absolute atomic E-state index is 2.70. The lowest BCUT2D eigenvalue weighted by atomic mass is 9.33. The first-order valence-electron chi connectivity index (χ1n) is 35.8. The van der Waals surface area contributed by atoms with E-state index in [1.807, 2.05) is 0 Å². The number of nitrogens with zero attached hydrogens (tertiary/aromatic N) is 4. The summed E-state index contributed by atoms with van der Waals surface area (Å²) in [5.74, 6) is 0. The van der Waals surface area contributed by atoms with Crippen LogP contribution in [0, 0.1) is 0 Å². The zero-order valence-corrected chi connectivity index (χ0v) is 56.1. The Morgan fingerprint density at radius 3 is 1.01 bits per heavy atom. The van der Waals surface area contributed by atoms with Crippen LogP contribution in [0.15, 0.2) is 370 Å². The summed E-state index contributed by atoms with van der Waals surface area (Å²) >= 11 is 0. The van der Waals surface area contributed by atoms with Gasteiger partial charge in [0.25, 0.3) is 6.71 Å². The van der Waals surface area contributed by atoms with E-state index in [4.69, 9.17) is 0 Å². The summed E-state index contributed by atoms with van der Waals surface area (Å²) < 4.78 is 5.03. The maximum atomic E-state index is 2.70. The van der Waals surface area contributed by atoms with Gasteiger partial charge in [0.2, 0.25) is 0 Å². The highest BCUT2D eigenvalue weighted by Crippen LogP contribution is 2.55. The van der Waals surface area contributed by atoms with Gasteiger partial charge in [-0.25, -0.2) is 0 Å². The van der Waals surface area contributed by atoms with Crippen LogP contribution in [0.3, 0.4) is 0 Å². The molecule has 103 heavy (non-hydrogen) atoms. The van der Waals surface area contributed by atoms with Crippen molar-refractivity contribution >= 4 is 144 Å². The van der Waals surface area contributed by atoms with Crippen molar-refractivity contribution in [3.05, 3.63) is 370 Å². The van der Waals surface area contributed by atoms with Crippen molar-refractivity contribution in [3.8, 4) is 67.0 Å². The zero-order valence-electron chi connectivity index (χ0n) is 56.1. The highest BCUT2D eigenvalue weighted by molar-refractivity contribution is 7.00. The Morgan fingerprint density at radius 2 is 0.553 bits per heavy atom. The summed E-state index contributed by atoms with van der Waals surface area (Å²) in [5.41, 5.74) is 28.4. The van der Waals surface area contributed by atoms with E-state index < -0.39 is 0 Å². The molecule has 18 aromatic carbocycles. The first-order chi connectivity index (χ1) is 51.1. The molecular formula is C98H61BN4. The molecule has 0 amide bonds. The van der Waals surface area contributed by atoms with E-state index in [0.29, 0.717) is 0 Å². The fraction of sp³-hybridized carbons (Fsp3) is 0. The minimum atomic E-state index is -0.265. The number of rotatable bonds is 9. The quantitative estimate of drug-likeness (QED) is 0.0814. The van der Waals surface area contributed by atoms with Gasteiger partial charge in [-0.3, -0.25) is 0 Å². The van der Waals surface area contributed by atoms with Gasteiger partial charge < -0.3 is 18.9 Å². The van der Waals surface area contributed by atoms with Gasteiger partial charge in [-0.2, -0.15) is 0 Å². The van der Waals surface area contributed by atoms with Gasteiger partial charge >= 0.3 is 0 Å². The number of fused-ring (bicyclic) bond motifs is 12. The van der Waals surface area contributed by atoms with Gasteiger partial charge in [0.15, 0.2) is 0 Å². The summed E-state index contributed by atoms with van der Waals surface area (Å²) in [5, 5.41) is 15.1. The molecule has 0 atom stereocenters. The van der Waals surface area contributed by atoms with Gasteiger partial charge in [0, 0.05) is 72.2 Å². The third-order valence-corrected chi connectivity index (χ3v) is 22.4. The Labute approximate surface area is 596 Å². The van der Waals surface area contributed by atoms with Crippen molar-refractivity contribution in [2.45, 2.75) is 0 Å². The van der Waals surface area contributed by atoms with Gasteiger partial charge in [0.05, 0.1) is 39.1 Å². The lowest BCUT2D eigenvalue weighted by Crippen LogP contribution is -2.61. The molecule has 2 aliphatic rings. The molecule has 2 aliphatic heterocycles. The second-order valence-corrected chi connectivity index (χ2v) is 27.8. The lowest BCUT2D eigenvalue weighted by Gasteiger charge is -2.46. The Balaban J connectivity index is 0.922. The Bertz CT molecular complexity index is 6650. The van der Waals surface area contributed by atoms with Crippen LogP contribution >= 0.6 is 0 Å². The Hall–Kier alpha value is -13.5. The summed E-state index contributed by atoms with van der Waals surface area (Å²) in [6.45, 7) is -0.265. The van der Waals surface area contributed by atoms with Crippen molar-refractivity contribution in [2.24, 2.45) is 0 Å². The second-order valence-electron chi connectivity index (χ2n) is 27.8. The van der Waals surface area contributed by atoms with Crippen molar-refractivity contribution in [2.75, 3.05) is 9.80 Å². The largest absolute Gasteiger partial charge is 0.310 e. The average Bonchev–Trinajstić information content (AvgIpc) is 1.66. The van der Waals surface area contributed by atoms with Crippen molar-refractivity contribution in [3.63, 3.8) is 0 Å². The molecular weight excluding hydrogens is 1240 g/mol. The van der Waals surface area contributed by atoms with Crippen LogP contribution < -0.4 is 26.2 Å². The minimum absolute atomic E-state index is 0.265. The molecule has 22 rings (SSSR count). The smallest absolute Gasteiger partial charge is 0.252 e. The molecule has 0 radical (unpaired) electrons. The molecule has 2 aromatic heterocycles. The molecule has 0 spiro atoms. The van der Waals surface area contributed by atoms with Gasteiger partial charge in [-0.15, -0.1) is 0 Å². The molecule has 0 saturated heterocycles. The predicted octanol–water partition coefficient (Wildman–Crippen LogP) is 24.3. The molecule has 4 heterocycles. The van der Waals surface area contributed by atoms with Crippen LogP contribution in [-0.4, -0.2) is 15.8 Å². The normalized spacial score (nSPS) is 12.6. The molecule has 0 aliphatic carbocycles. The minimum Gasteiger partial charge on any atom is -0.310 e. The topological polar surface area (TPSA) is 16.3 Å². The van der Waals surface area contributed by atoms with E-state index in [9.17, 15) is 0 Å². The first-order valence-corrected chi connectivity index (χ1v) is 35.8. The highest BCUT2D eigenvalue weighted by Gasteiger charge is 2.46. The van der Waals surface area contributed by atoms with Gasteiger partial charge in [0.1, 0.15) is 0 Å². The molecule has 20 aromatic rings. The molecule has 0 N–H and O–H groups in total. The summed E-state index contributed by atoms with van der Waals surface area (Å²) in [7, 11) is 0. The van der Waals surface area contributed by atoms with Crippen LogP contribution in [-0.2, 0) is 0 Å². The van der Waals surface area contributed by atoms with Crippen molar-refractivity contribution in [1.82, 2.24) is 9.13 Å². The number of benzene rings is 18. The van der Waals surface area contributed by atoms with Gasteiger partial charge in [-0.1, -0.05) is 303 Å². The molecule has 5 heteroatoms. The van der Waals surface area contributed by atoms with E-state index in [-0.39, 0.29) is 6.71 Å². The molecule has 0 unspecified atom stereocenters. The van der Waals surface area contributed by atoms with Crippen LogP contribution in [0.25, 0.3) is 154 Å². The standard InChI is InChI=1S/C98H61BN4/c1-5-26-62(27-6-1)72-41-24-42-73(63-28-7-2-8-29-63)97(72)102-90-58-67(69-56-68-36-23-46-81-80-45-21-34-66-35-22-47-82(94(66)80)83(57-69)95(68)81)52-54-84(90)99-85-55-53-70(100-86-48-17-13-37-76(86)77-38-14-18-49-87(77)100)59-91(85)103(98-74(64-30-9-3-10-31-64)43-25-44-75(98)65-32-11-4-12-33-65)93-61-71(60-92(102)96(93)99)101-88-50-19-15-39-78(88)79-40-16-20-51-89(79)101/h1-61H. The molecule has 0 saturated carbocycles. The van der Waals surface area contributed by atoms with E-state index in [0.717, 1.165) is 118 Å². The summed E-state index contributed by atoms with van der Waals surface area (Å²) in [4.78, 5) is 5.39. The van der Waals surface area contributed by atoms with E-state index in [1.54, 1.807) is 0 Å². The van der Waals surface area contributed by atoms with E-state index in [1.165, 1.54) is 86.6 Å². The number of para-hydroxylation sites is 6. The van der Waals surface area contributed by atoms with Crippen molar-refractivity contribution in [1.29, 1.82) is 0 Å². The maximum Gasteiger partial charge on any atom is 0.252 e. The molecule has 0 bridgehead atoms. The van der Waals surface area contributed by atoms with Crippen molar-refractivity contribution < 1.29 is 0 Å². The average molecular weight is 1310 g/mol. The number of aromatic nitrogens is 2. The monoisotopic (exact) mass is 1300 g/mol. The van der Waals surface area contributed by atoms with E-state index in [2.05, 4.69) is 389 Å². The third kappa shape index (κ3) is 8.54. The highest BCUT2D eigenvalue weighted by atomic mass is 15.2. The number of anilines is 6. The predicted molar refractivity (Wildman–Crippen MR) is 438 cm³/mol. The SMILES string of the molecule is c1ccc(-c2cccc(-c3ccccc3)c2N2c3cc(-c4cc5cccc6c7cccc8cccc(c(c4)c56)c87)ccc3B3c4ccc(-n5c6ccccc6c6ccccc65)cc4N(c4c(-c5ccccc5)cccc4-c4ccccc4)c4cc(-n5c6ccccc6c6ccccc65)cc2c43)cc1. The molecule has 476 valence electrons. The Morgan fingerprint density at radius 1 is 0.204 bits per heavy atom. The summed E-state index contributed by atoms with van der Waals surface area (Å²) in [6.07, 6.45) is 0. The fourth-order valence-electron chi connectivity index (χ4n) is 18.1. The molecule has 4 nitrogen and oxygen atoms in total. The van der Waals surface area contributed by atoms with Crippen LogP contribution in [0.1, 0.15) is 0 Å². The molecule has 0 fully saturated rings. The van der Waals surface area contributed by atoms with E-state index >= 15 is 0 Å². The van der Waals surface area contributed by atoms with Crippen LogP contribution in [0.5, 0.6) is 0 Å². The third-order valence-electron chi connectivity index (χ3n) is 22.4. The Kier molecular flexibility index (Phi) is 12.6. The van der Waals surface area contributed by atoms with Crippen LogP contribution in [0.4, 0.5) is 34.1 Å². The summed E-state index contributed by atoms with van der Waals surface area (Å²) in [6, 6.07) is 139. The first kappa shape index (κ1) is 57.4. The number of hydrogen-bond acceptors (Lipinski definition) is 2. The van der Waals surface area contributed by atoms with Crippen LogP contribution in [0.2, 0.25) is 0 Å². The van der Waals surface area contributed by atoms with Gasteiger partial charge in [-0.05, 0) is 160 Å². The number of hydrogen-bond donors (Lipinski definition) is 0. The second kappa shape index (κ2) is 22.5. The lowest BCUT2D eigenvalue weighted by molar-refractivity contribution is 1.15. The zero-order chi connectivity index (χ0) is 67.4.